The Morgan fingerprint density at radius 2 is 1.59 bits per heavy atom. The maximum atomic E-state index is 15.3. The molecule has 1 unspecified atom stereocenters. The van der Waals surface area contributed by atoms with Gasteiger partial charge in [-0.1, -0.05) is 37.3 Å². The van der Waals surface area contributed by atoms with Gasteiger partial charge in [0.25, 0.3) is 0 Å². The third-order valence-electron chi connectivity index (χ3n) is 9.02. The summed E-state index contributed by atoms with van der Waals surface area (Å²) in [5.41, 5.74) is 0.638. The summed E-state index contributed by atoms with van der Waals surface area (Å²) in [6.07, 6.45) is -4.49. The Balaban J connectivity index is 1.28. The topological polar surface area (TPSA) is 118 Å². The molecule has 1 saturated carbocycles. The van der Waals surface area contributed by atoms with Gasteiger partial charge in [0.15, 0.2) is 0 Å². The molecule has 1 aliphatic carbocycles. The van der Waals surface area contributed by atoms with Crippen LogP contribution in [0.1, 0.15) is 48.8 Å². The van der Waals surface area contributed by atoms with Crippen LogP contribution in [0.4, 0.5) is 36.8 Å². The molecule has 5 rings (SSSR count). The summed E-state index contributed by atoms with van der Waals surface area (Å²) in [6.45, 7) is 0.386. The van der Waals surface area contributed by atoms with E-state index in [9.17, 15) is 36.3 Å². The van der Waals surface area contributed by atoms with Crippen molar-refractivity contribution in [1.29, 1.82) is 0 Å². The normalized spacial score (nSPS) is 18.8. The van der Waals surface area contributed by atoms with Crippen LogP contribution in [0.5, 0.6) is 0 Å². The minimum atomic E-state index is -4.57. The summed E-state index contributed by atoms with van der Waals surface area (Å²) in [5.74, 6) is -3.51. The van der Waals surface area contributed by atoms with Crippen molar-refractivity contribution in [3.8, 4) is 0 Å². The number of hydrogen-bond donors (Lipinski definition) is 4. The second-order valence-electron chi connectivity index (χ2n) is 13.0. The maximum Gasteiger partial charge on any atom is 0.407 e. The van der Waals surface area contributed by atoms with E-state index in [-0.39, 0.29) is 43.3 Å². The molecule has 51 heavy (non-hydrogen) atoms. The number of anilines is 1. The van der Waals surface area contributed by atoms with Crippen LogP contribution in [0.2, 0.25) is 0 Å². The van der Waals surface area contributed by atoms with Gasteiger partial charge in [-0.3, -0.25) is 9.59 Å². The minimum absolute atomic E-state index is 0.0759. The molecule has 1 aliphatic heterocycles. The minimum Gasteiger partial charge on any atom is -0.448 e. The van der Waals surface area contributed by atoms with Gasteiger partial charge in [0.2, 0.25) is 11.8 Å². The Kier molecular flexibility index (Phi) is 11.9. The Bertz CT molecular complexity index is 1630. The van der Waals surface area contributed by atoms with Gasteiger partial charge in [0.05, 0.1) is 18.8 Å². The van der Waals surface area contributed by atoms with Crippen LogP contribution in [-0.4, -0.2) is 68.6 Å². The van der Waals surface area contributed by atoms with E-state index in [4.69, 9.17) is 9.47 Å². The number of morpholine rings is 1. The lowest BCUT2D eigenvalue weighted by Crippen LogP contribution is -2.50. The highest BCUT2D eigenvalue weighted by Gasteiger charge is 2.47. The fraction of sp³-hybridized carbons (Fsp3) is 0.417. The van der Waals surface area contributed by atoms with Gasteiger partial charge in [-0.05, 0) is 73.2 Å². The monoisotopic (exact) mass is 720 g/mol. The fourth-order valence-electron chi connectivity index (χ4n) is 5.75. The van der Waals surface area contributed by atoms with Crippen molar-refractivity contribution in [2.24, 2.45) is 5.41 Å². The number of carbonyl (C=O) groups is 3. The largest absolute Gasteiger partial charge is 0.448 e. The van der Waals surface area contributed by atoms with Crippen molar-refractivity contribution in [1.82, 2.24) is 16.0 Å². The smallest absolute Gasteiger partial charge is 0.407 e. The van der Waals surface area contributed by atoms with Crippen molar-refractivity contribution >= 4 is 23.6 Å². The van der Waals surface area contributed by atoms with Gasteiger partial charge in [-0.25, -0.2) is 18.0 Å². The molecule has 2 fully saturated rings. The van der Waals surface area contributed by atoms with E-state index in [0.717, 1.165) is 0 Å². The van der Waals surface area contributed by atoms with E-state index in [1.807, 2.05) is 0 Å². The lowest BCUT2D eigenvalue weighted by molar-refractivity contribution is -0.130. The number of rotatable bonds is 13. The van der Waals surface area contributed by atoms with Gasteiger partial charge >= 0.3 is 12.3 Å². The summed E-state index contributed by atoms with van der Waals surface area (Å²) in [5, 5.41) is 10.4. The summed E-state index contributed by atoms with van der Waals surface area (Å²) < 4.78 is 90.7. The third-order valence-corrected chi connectivity index (χ3v) is 9.02. The molecule has 0 radical (unpaired) electrons. The van der Waals surface area contributed by atoms with Crippen LogP contribution >= 0.6 is 0 Å². The Labute approximate surface area is 290 Å². The molecule has 15 heteroatoms. The molecule has 274 valence electrons. The number of halogens is 6. The van der Waals surface area contributed by atoms with E-state index in [2.05, 4.69) is 16.0 Å². The van der Waals surface area contributed by atoms with Crippen molar-refractivity contribution in [2.75, 3.05) is 31.6 Å². The number of alkyl carbamates (subject to hydrolysis) is 1. The van der Waals surface area contributed by atoms with E-state index < -0.39 is 71.7 Å². The van der Waals surface area contributed by atoms with Crippen LogP contribution in [0.3, 0.4) is 0 Å². The van der Waals surface area contributed by atoms with Gasteiger partial charge < -0.3 is 30.7 Å². The van der Waals surface area contributed by atoms with Crippen LogP contribution < -0.4 is 21.3 Å². The number of ether oxygens (including phenoxy) is 2. The first-order valence-corrected chi connectivity index (χ1v) is 16.4. The predicted molar refractivity (Wildman–Crippen MR) is 174 cm³/mol. The van der Waals surface area contributed by atoms with E-state index >= 15 is 4.39 Å². The Hall–Kier alpha value is -4.63. The van der Waals surface area contributed by atoms with Gasteiger partial charge in [-0.2, -0.15) is 13.2 Å². The summed E-state index contributed by atoms with van der Waals surface area (Å²) >= 11 is 0. The van der Waals surface area contributed by atoms with Crippen molar-refractivity contribution in [2.45, 2.75) is 62.9 Å². The number of benzene rings is 3. The van der Waals surface area contributed by atoms with E-state index in [0.29, 0.717) is 30.4 Å². The molecule has 3 aromatic rings. The molecule has 9 nitrogen and oxygen atoms in total. The predicted octanol–water partition coefficient (Wildman–Crippen LogP) is 5.74. The molecule has 1 saturated heterocycles. The number of hydrogen-bond acceptors (Lipinski definition) is 6. The van der Waals surface area contributed by atoms with Crippen LogP contribution in [0.25, 0.3) is 0 Å². The number of amides is 3. The van der Waals surface area contributed by atoms with Crippen molar-refractivity contribution in [3.05, 3.63) is 101 Å². The number of carbonyl (C=O) groups excluding carboxylic acids is 3. The molecule has 4 N–H and O–H groups in total. The molecular weight excluding hydrogens is 682 g/mol. The lowest BCUT2D eigenvalue weighted by Gasteiger charge is -2.31. The van der Waals surface area contributed by atoms with Crippen molar-refractivity contribution in [3.63, 3.8) is 0 Å². The van der Waals surface area contributed by atoms with Crippen LogP contribution in [0, 0.1) is 22.9 Å². The molecule has 3 aromatic carbocycles. The molecule has 0 bridgehead atoms. The molecule has 1 heterocycles. The number of alkyl halides is 3. The van der Waals surface area contributed by atoms with Crippen molar-refractivity contribution < 1.29 is 50.2 Å². The summed E-state index contributed by atoms with van der Waals surface area (Å²) in [7, 11) is 0. The average Bonchev–Trinajstić information content (AvgIpc) is 3.85. The molecule has 0 aromatic heterocycles. The first-order valence-electron chi connectivity index (χ1n) is 16.4. The summed E-state index contributed by atoms with van der Waals surface area (Å²) in [6, 6.07) is 13.3. The molecule has 3 atom stereocenters. The maximum absolute atomic E-state index is 15.3. The highest BCUT2D eigenvalue weighted by atomic mass is 19.4. The van der Waals surface area contributed by atoms with Gasteiger partial charge in [-0.15, -0.1) is 0 Å². The van der Waals surface area contributed by atoms with Gasteiger partial charge in [0, 0.05) is 29.1 Å². The first-order chi connectivity index (χ1) is 24.2. The Morgan fingerprint density at radius 3 is 2.14 bits per heavy atom. The third kappa shape index (κ3) is 10.4. The SMILES string of the molecule is CC1(C(=O)NC(C(=O)Nc2cccc(F)c2CC[C@@H]2CN[C@H](COC(=O)NCC(F)(F)F)CO2)C(c2ccc(F)cc2)c2ccc(F)cc2)CC1. The van der Waals surface area contributed by atoms with Crippen LogP contribution in [0.15, 0.2) is 66.7 Å². The highest BCUT2D eigenvalue weighted by Crippen LogP contribution is 2.45. The zero-order valence-electron chi connectivity index (χ0n) is 27.6. The number of nitrogens with one attached hydrogen (secondary N) is 4. The molecule has 0 spiro atoms. The lowest BCUT2D eigenvalue weighted by atomic mass is 9.84. The molecule has 2 aliphatic rings. The average molecular weight is 721 g/mol. The molecule has 3 amide bonds. The second-order valence-corrected chi connectivity index (χ2v) is 13.0. The highest BCUT2D eigenvalue weighted by molar-refractivity contribution is 6.00. The van der Waals surface area contributed by atoms with E-state index in [1.165, 1.54) is 66.7 Å². The zero-order valence-corrected chi connectivity index (χ0v) is 27.6. The first kappa shape index (κ1) is 37.6. The second kappa shape index (κ2) is 16.1. The quantitative estimate of drug-likeness (QED) is 0.168. The fourth-order valence-corrected chi connectivity index (χ4v) is 5.75. The van der Waals surface area contributed by atoms with Crippen LogP contribution in [-0.2, 0) is 25.5 Å². The Morgan fingerprint density at radius 1 is 0.961 bits per heavy atom. The summed E-state index contributed by atoms with van der Waals surface area (Å²) in [4.78, 5) is 39.1. The molecular formula is C36H38F6N4O5. The van der Waals surface area contributed by atoms with Gasteiger partial charge in [0.1, 0.15) is 36.6 Å². The zero-order chi connectivity index (χ0) is 36.8. The van der Waals surface area contributed by atoms with E-state index in [1.54, 1.807) is 12.2 Å². The standard InChI is InChI=1S/C36H38F6N4O5/c1-35(15-16-35)33(48)46-31(30(21-5-9-23(37)10-6-21)22-7-11-24(38)12-8-22)32(47)45-29-4-2-3-28(39)27(29)14-13-26-17-43-25(18-50-26)19-51-34(49)44-20-36(40,41)42/h2-12,25-26,30-31,43H,13-20H2,1H3,(H,44,49)(H,45,47)(H,46,48)/t25-,26+,31?/m0/s1.